The molecule has 1 heterocycles. The predicted octanol–water partition coefficient (Wildman–Crippen LogP) is 4.86. The molecule has 0 spiro atoms. The Kier molecular flexibility index (Phi) is 5.01. The summed E-state index contributed by atoms with van der Waals surface area (Å²) in [6, 6.07) is 6.68. The summed E-state index contributed by atoms with van der Waals surface area (Å²) in [6.07, 6.45) is 3.71. The van der Waals surface area contributed by atoms with Crippen molar-refractivity contribution in [2.45, 2.75) is 65.8 Å². The van der Waals surface area contributed by atoms with E-state index >= 15 is 0 Å². The lowest BCUT2D eigenvalue weighted by Gasteiger charge is -2.15. The lowest BCUT2D eigenvalue weighted by Crippen LogP contribution is -2.08. The summed E-state index contributed by atoms with van der Waals surface area (Å²) in [5, 5.41) is 8.78. The maximum absolute atomic E-state index is 8.78. The maximum Gasteiger partial charge on any atom is 0.112 e. The summed E-state index contributed by atoms with van der Waals surface area (Å²) in [6.45, 7) is 9.63. The molecule has 0 radical (unpaired) electrons. The number of hydrogen-bond acceptors (Lipinski definition) is 2. The number of nitrogens with zero attached hydrogens (tertiary/aromatic N) is 3. The fourth-order valence-electron chi connectivity index (χ4n) is 2.92. The van der Waals surface area contributed by atoms with Crippen LogP contribution in [-0.2, 0) is 6.54 Å². The number of rotatable bonds is 6. The Balaban J connectivity index is 2.54. The first-order valence-electron chi connectivity index (χ1n) is 7.96. The minimum Gasteiger partial charge on any atom is -0.328 e. The summed E-state index contributed by atoms with van der Waals surface area (Å²) in [4.78, 5) is 4.92. The molecule has 0 saturated carbocycles. The standard InChI is InChI=1S/C18H25N3/c1-5-15(6-2)18-20-16-11-13(3)14(4)12-17(16)21(18)10-8-7-9-19/h11-12,15H,5-8,10H2,1-4H3. The summed E-state index contributed by atoms with van der Waals surface area (Å²) in [7, 11) is 0. The number of aryl methyl sites for hydroxylation is 3. The molecule has 1 aromatic carbocycles. The van der Waals surface area contributed by atoms with E-state index in [2.05, 4.69) is 50.5 Å². The second-order valence-electron chi connectivity index (χ2n) is 5.82. The lowest BCUT2D eigenvalue weighted by atomic mass is 10.0. The highest BCUT2D eigenvalue weighted by Crippen LogP contribution is 2.28. The number of unbranched alkanes of at least 4 members (excludes halogenated alkanes) is 1. The van der Waals surface area contributed by atoms with Gasteiger partial charge in [0.15, 0.2) is 0 Å². The predicted molar refractivity (Wildman–Crippen MR) is 87.4 cm³/mol. The Morgan fingerprint density at radius 1 is 1.19 bits per heavy atom. The minimum absolute atomic E-state index is 0.500. The van der Waals surface area contributed by atoms with E-state index in [4.69, 9.17) is 10.2 Å². The molecule has 0 unspecified atom stereocenters. The van der Waals surface area contributed by atoms with E-state index in [1.807, 2.05) is 0 Å². The van der Waals surface area contributed by atoms with Crippen LogP contribution in [0.4, 0.5) is 0 Å². The molecule has 21 heavy (non-hydrogen) atoms. The van der Waals surface area contributed by atoms with Crippen molar-refractivity contribution in [3.63, 3.8) is 0 Å². The second kappa shape index (κ2) is 6.76. The van der Waals surface area contributed by atoms with E-state index in [1.54, 1.807) is 0 Å². The quantitative estimate of drug-likeness (QED) is 0.710. The summed E-state index contributed by atoms with van der Waals surface area (Å²) >= 11 is 0. The molecule has 0 bridgehead atoms. The molecule has 1 aromatic heterocycles. The van der Waals surface area contributed by atoms with E-state index < -0.39 is 0 Å². The van der Waals surface area contributed by atoms with Gasteiger partial charge in [-0.15, -0.1) is 0 Å². The monoisotopic (exact) mass is 283 g/mol. The van der Waals surface area contributed by atoms with Crippen LogP contribution in [0.3, 0.4) is 0 Å². The second-order valence-corrected chi connectivity index (χ2v) is 5.82. The van der Waals surface area contributed by atoms with Crippen LogP contribution in [0.5, 0.6) is 0 Å². The largest absolute Gasteiger partial charge is 0.328 e. The van der Waals surface area contributed by atoms with E-state index in [9.17, 15) is 0 Å². The highest BCUT2D eigenvalue weighted by atomic mass is 15.1. The van der Waals surface area contributed by atoms with Crippen molar-refractivity contribution in [3.05, 3.63) is 29.1 Å². The molecule has 0 saturated heterocycles. The summed E-state index contributed by atoms with van der Waals surface area (Å²) in [5.41, 5.74) is 4.91. The van der Waals surface area contributed by atoms with Gasteiger partial charge in [-0.05, 0) is 56.4 Å². The van der Waals surface area contributed by atoms with Crippen molar-refractivity contribution < 1.29 is 0 Å². The number of imidazole rings is 1. The fourth-order valence-corrected chi connectivity index (χ4v) is 2.92. The molecule has 0 N–H and O–H groups in total. The van der Waals surface area contributed by atoms with Gasteiger partial charge in [-0.2, -0.15) is 5.26 Å². The molecule has 0 aliphatic heterocycles. The minimum atomic E-state index is 0.500. The average molecular weight is 283 g/mol. The molecular weight excluding hydrogens is 258 g/mol. The van der Waals surface area contributed by atoms with Crippen LogP contribution in [0.15, 0.2) is 12.1 Å². The third kappa shape index (κ3) is 3.10. The van der Waals surface area contributed by atoms with E-state index in [0.29, 0.717) is 12.3 Å². The number of fused-ring (bicyclic) bond motifs is 1. The Morgan fingerprint density at radius 3 is 2.48 bits per heavy atom. The Bertz CT molecular complexity index is 657. The molecule has 0 atom stereocenters. The molecular formula is C18H25N3. The fraction of sp³-hybridized carbons (Fsp3) is 0.556. The Morgan fingerprint density at radius 2 is 1.86 bits per heavy atom. The Hall–Kier alpha value is -1.82. The molecule has 112 valence electrons. The van der Waals surface area contributed by atoms with Crippen LogP contribution in [0.25, 0.3) is 11.0 Å². The highest BCUT2D eigenvalue weighted by molar-refractivity contribution is 5.78. The van der Waals surface area contributed by atoms with Gasteiger partial charge in [-0.1, -0.05) is 13.8 Å². The zero-order valence-corrected chi connectivity index (χ0v) is 13.6. The topological polar surface area (TPSA) is 41.6 Å². The van der Waals surface area contributed by atoms with Crippen molar-refractivity contribution in [2.24, 2.45) is 0 Å². The van der Waals surface area contributed by atoms with E-state index in [-0.39, 0.29) is 0 Å². The Labute approximate surface area is 127 Å². The molecule has 0 amide bonds. The van der Waals surface area contributed by atoms with Crippen molar-refractivity contribution in [1.29, 1.82) is 5.26 Å². The molecule has 0 fully saturated rings. The number of nitriles is 1. The van der Waals surface area contributed by atoms with Crippen LogP contribution in [0.1, 0.15) is 62.4 Å². The summed E-state index contributed by atoms with van der Waals surface area (Å²) in [5.74, 6) is 1.69. The van der Waals surface area contributed by atoms with Crippen LogP contribution in [-0.4, -0.2) is 9.55 Å². The van der Waals surface area contributed by atoms with Crippen molar-refractivity contribution in [1.82, 2.24) is 9.55 Å². The van der Waals surface area contributed by atoms with Gasteiger partial charge in [0.05, 0.1) is 17.1 Å². The number of hydrogen-bond donors (Lipinski definition) is 0. The first kappa shape index (κ1) is 15.6. The van der Waals surface area contributed by atoms with Gasteiger partial charge >= 0.3 is 0 Å². The average Bonchev–Trinajstić information content (AvgIpc) is 2.79. The zero-order valence-electron chi connectivity index (χ0n) is 13.6. The normalized spacial score (nSPS) is 11.2. The van der Waals surface area contributed by atoms with Crippen molar-refractivity contribution in [3.8, 4) is 6.07 Å². The molecule has 2 aromatic rings. The van der Waals surface area contributed by atoms with Crippen LogP contribution in [0, 0.1) is 25.2 Å². The molecule has 3 nitrogen and oxygen atoms in total. The molecule has 0 aliphatic carbocycles. The lowest BCUT2D eigenvalue weighted by molar-refractivity contribution is 0.544. The SMILES string of the molecule is CCC(CC)c1nc2cc(C)c(C)cc2n1CCCC#N. The van der Waals surface area contributed by atoms with Gasteiger partial charge in [0.2, 0.25) is 0 Å². The van der Waals surface area contributed by atoms with Gasteiger partial charge in [0.25, 0.3) is 0 Å². The van der Waals surface area contributed by atoms with Gasteiger partial charge in [0, 0.05) is 18.9 Å². The first-order valence-corrected chi connectivity index (χ1v) is 7.96. The smallest absolute Gasteiger partial charge is 0.112 e. The van der Waals surface area contributed by atoms with Crippen LogP contribution < -0.4 is 0 Å². The van der Waals surface area contributed by atoms with Crippen molar-refractivity contribution >= 4 is 11.0 Å². The maximum atomic E-state index is 8.78. The highest BCUT2D eigenvalue weighted by Gasteiger charge is 2.18. The van der Waals surface area contributed by atoms with Crippen molar-refractivity contribution in [2.75, 3.05) is 0 Å². The third-order valence-electron chi connectivity index (χ3n) is 4.41. The third-order valence-corrected chi connectivity index (χ3v) is 4.41. The molecule has 3 heteroatoms. The number of benzene rings is 1. The van der Waals surface area contributed by atoms with E-state index in [1.165, 1.54) is 22.5 Å². The number of aromatic nitrogens is 2. The van der Waals surface area contributed by atoms with Gasteiger partial charge in [-0.3, -0.25) is 0 Å². The molecule has 2 rings (SSSR count). The van der Waals surface area contributed by atoms with Gasteiger partial charge in [-0.25, -0.2) is 4.98 Å². The zero-order chi connectivity index (χ0) is 15.4. The van der Waals surface area contributed by atoms with Crippen LogP contribution in [0.2, 0.25) is 0 Å². The van der Waals surface area contributed by atoms with E-state index in [0.717, 1.165) is 31.3 Å². The van der Waals surface area contributed by atoms with Gasteiger partial charge in [0.1, 0.15) is 5.82 Å². The molecule has 0 aliphatic rings. The summed E-state index contributed by atoms with van der Waals surface area (Å²) < 4.78 is 2.34. The van der Waals surface area contributed by atoms with Gasteiger partial charge < -0.3 is 4.57 Å². The first-order chi connectivity index (χ1) is 10.1. The van der Waals surface area contributed by atoms with Crippen LogP contribution >= 0.6 is 0 Å².